The van der Waals surface area contributed by atoms with Crippen LogP contribution < -0.4 is 0 Å². The van der Waals surface area contributed by atoms with Gasteiger partial charge in [0.25, 0.3) is 0 Å². The lowest BCUT2D eigenvalue weighted by Crippen LogP contribution is -2.16. The molecule has 1 unspecified atom stereocenters. The number of alkyl halides is 1. The molecule has 0 spiro atoms. The summed E-state index contributed by atoms with van der Waals surface area (Å²) in [6.07, 6.45) is 1.06. The van der Waals surface area contributed by atoms with Gasteiger partial charge in [-0.1, -0.05) is 11.6 Å². The van der Waals surface area contributed by atoms with Gasteiger partial charge in [0.1, 0.15) is 5.82 Å². The SMILES string of the molecule is CC(Cl)c1nc2ccc(Cl)cc2n1CCCN(C)C. The van der Waals surface area contributed by atoms with Crippen molar-refractivity contribution >= 4 is 34.2 Å². The van der Waals surface area contributed by atoms with Crippen molar-refractivity contribution in [3.05, 3.63) is 29.0 Å². The lowest BCUT2D eigenvalue weighted by molar-refractivity contribution is 0.386. The standard InChI is InChI=1S/C14H19Cl2N3/c1-10(15)14-17-12-6-5-11(16)9-13(12)19(14)8-4-7-18(2)3/h5-6,9-10H,4,7-8H2,1-3H3. The molecule has 0 aliphatic rings. The van der Waals surface area contributed by atoms with Gasteiger partial charge in [-0.15, -0.1) is 11.6 Å². The number of nitrogens with zero attached hydrogens (tertiary/aromatic N) is 3. The number of fused-ring (bicyclic) bond motifs is 1. The minimum absolute atomic E-state index is 0.106. The predicted molar refractivity (Wildman–Crippen MR) is 82.2 cm³/mol. The first-order valence-corrected chi connectivity index (χ1v) is 7.25. The summed E-state index contributed by atoms with van der Waals surface area (Å²) in [5.41, 5.74) is 2.02. The molecule has 1 heterocycles. The summed E-state index contributed by atoms with van der Waals surface area (Å²) in [7, 11) is 4.15. The number of hydrogen-bond acceptors (Lipinski definition) is 2. The van der Waals surface area contributed by atoms with Gasteiger partial charge in [-0.2, -0.15) is 0 Å². The van der Waals surface area contributed by atoms with E-state index in [2.05, 4.69) is 28.5 Å². The molecular formula is C14H19Cl2N3. The Labute approximate surface area is 124 Å². The molecule has 1 atom stereocenters. The highest BCUT2D eigenvalue weighted by Crippen LogP contribution is 2.26. The van der Waals surface area contributed by atoms with Crippen LogP contribution in [0.1, 0.15) is 24.5 Å². The highest BCUT2D eigenvalue weighted by atomic mass is 35.5. The van der Waals surface area contributed by atoms with E-state index in [9.17, 15) is 0 Å². The number of benzene rings is 1. The number of aromatic nitrogens is 2. The second-order valence-corrected chi connectivity index (χ2v) is 6.12. The monoisotopic (exact) mass is 299 g/mol. The Bertz CT molecular complexity index is 561. The van der Waals surface area contributed by atoms with E-state index in [1.54, 1.807) is 0 Å². The number of imidazole rings is 1. The van der Waals surface area contributed by atoms with Gasteiger partial charge in [0.05, 0.1) is 16.4 Å². The van der Waals surface area contributed by atoms with Gasteiger partial charge < -0.3 is 9.47 Å². The molecule has 0 aliphatic carbocycles. The van der Waals surface area contributed by atoms with Crippen molar-refractivity contribution in [3.63, 3.8) is 0 Å². The van der Waals surface area contributed by atoms with Crippen LogP contribution >= 0.6 is 23.2 Å². The van der Waals surface area contributed by atoms with Crippen LogP contribution in [0.5, 0.6) is 0 Å². The average molecular weight is 300 g/mol. The molecule has 0 N–H and O–H groups in total. The van der Waals surface area contributed by atoms with Crippen LogP contribution in [-0.4, -0.2) is 35.1 Å². The van der Waals surface area contributed by atoms with Crippen molar-refractivity contribution < 1.29 is 0 Å². The van der Waals surface area contributed by atoms with Crippen molar-refractivity contribution in [3.8, 4) is 0 Å². The van der Waals surface area contributed by atoms with E-state index in [0.29, 0.717) is 0 Å². The van der Waals surface area contributed by atoms with Gasteiger partial charge >= 0.3 is 0 Å². The smallest absolute Gasteiger partial charge is 0.127 e. The van der Waals surface area contributed by atoms with Crippen molar-refractivity contribution in [2.75, 3.05) is 20.6 Å². The fraction of sp³-hybridized carbons (Fsp3) is 0.500. The van der Waals surface area contributed by atoms with E-state index in [-0.39, 0.29) is 5.38 Å². The molecule has 104 valence electrons. The summed E-state index contributed by atoms with van der Waals surface area (Å²) in [6, 6.07) is 5.77. The Morgan fingerprint density at radius 3 is 2.74 bits per heavy atom. The molecule has 0 fully saturated rings. The Morgan fingerprint density at radius 2 is 2.11 bits per heavy atom. The molecule has 0 radical (unpaired) electrons. The van der Waals surface area contributed by atoms with Crippen molar-refractivity contribution in [2.45, 2.75) is 25.3 Å². The number of hydrogen-bond donors (Lipinski definition) is 0. The topological polar surface area (TPSA) is 21.1 Å². The Balaban J connectivity index is 2.36. The van der Waals surface area contributed by atoms with Gasteiger partial charge in [0.15, 0.2) is 0 Å². The molecule has 2 aromatic rings. The van der Waals surface area contributed by atoms with Gasteiger partial charge in [0, 0.05) is 11.6 Å². The lowest BCUT2D eigenvalue weighted by Gasteiger charge is -2.13. The van der Waals surface area contributed by atoms with Crippen LogP contribution in [0, 0.1) is 0 Å². The highest BCUT2D eigenvalue weighted by molar-refractivity contribution is 6.31. The molecule has 1 aromatic heterocycles. The summed E-state index contributed by atoms with van der Waals surface area (Å²) in [5.74, 6) is 0.915. The molecular weight excluding hydrogens is 281 g/mol. The molecule has 2 rings (SSSR count). The van der Waals surface area contributed by atoms with E-state index in [1.807, 2.05) is 25.1 Å². The zero-order chi connectivity index (χ0) is 14.0. The Hall–Kier alpha value is -0.770. The quantitative estimate of drug-likeness (QED) is 0.780. The maximum atomic E-state index is 6.23. The molecule has 19 heavy (non-hydrogen) atoms. The molecule has 0 bridgehead atoms. The third kappa shape index (κ3) is 3.41. The van der Waals surface area contributed by atoms with Gasteiger partial charge in [-0.05, 0) is 52.2 Å². The molecule has 0 saturated heterocycles. The summed E-state index contributed by atoms with van der Waals surface area (Å²) in [4.78, 5) is 6.79. The third-order valence-corrected chi connectivity index (χ3v) is 3.51. The van der Waals surface area contributed by atoms with Gasteiger partial charge in [-0.25, -0.2) is 4.98 Å². The van der Waals surface area contributed by atoms with E-state index in [0.717, 1.165) is 41.4 Å². The third-order valence-electron chi connectivity index (χ3n) is 3.08. The fourth-order valence-corrected chi connectivity index (χ4v) is 2.53. The van der Waals surface area contributed by atoms with Crippen molar-refractivity contribution in [1.82, 2.24) is 14.5 Å². The first kappa shape index (κ1) is 14.6. The molecule has 5 heteroatoms. The number of aryl methyl sites for hydroxylation is 1. The Kier molecular flexibility index (Phi) is 4.71. The van der Waals surface area contributed by atoms with Crippen LogP contribution in [0.25, 0.3) is 11.0 Å². The van der Waals surface area contributed by atoms with Gasteiger partial charge in [0.2, 0.25) is 0 Å². The van der Waals surface area contributed by atoms with Crippen LogP contribution in [0.4, 0.5) is 0 Å². The minimum Gasteiger partial charge on any atom is -0.327 e. The molecule has 0 amide bonds. The molecule has 3 nitrogen and oxygen atoms in total. The molecule has 0 saturated carbocycles. The van der Waals surface area contributed by atoms with Crippen LogP contribution in [0.3, 0.4) is 0 Å². The first-order chi connectivity index (χ1) is 8.99. The van der Waals surface area contributed by atoms with Crippen molar-refractivity contribution in [1.29, 1.82) is 0 Å². The number of halogens is 2. The highest BCUT2D eigenvalue weighted by Gasteiger charge is 2.14. The molecule has 0 aliphatic heterocycles. The fourth-order valence-electron chi connectivity index (χ4n) is 2.20. The number of rotatable bonds is 5. The predicted octanol–water partition coefficient (Wildman–Crippen LogP) is 3.94. The maximum absolute atomic E-state index is 6.23. The lowest BCUT2D eigenvalue weighted by atomic mass is 10.3. The van der Waals surface area contributed by atoms with Crippen LogP contribution in [-0.2, 0) is 6.54 Å². The van der Waals surface area contributed by atoms with E-state index < -0.39 is 0 Å². The Morgan fingerprint density at radius 1 is 1.37 bits per heavy atom. The van der Waals surface area contributed by atoms with E-state index in [4.69, 9.17) is 23.2 Å². The van der Waals surface area contributed by atoms with Crippen LogP contribution in [0.15, 0.2) is 18.2 Å². The average Bonchev–Trinajstić information content (AvgIpc) is 2.67. The minimum atomic E-state index is -0.106. The summed E-state index contributed by atoms with van der Waals surface area (Å²) >= 11 is 12.3. The molecule has 1 aromatic carbocycles. The summed E-state index contributed by atoms with van der Waals surface area (Å²) < 4.78 is 2.18. The van der Waals surface area contributed by atoms with Gasteiger partial charge in [-0.3, -0.25) is 0 Å². The second kappa shape index (κ2) is 6.12. The van der Waals surface area contributed by atoms with Crippen molar-refractivity contribution in [2.24, 2.45) is 0 Å². The second-order valence-electron chi connectivity index (χ2n) is 5.03. The summed E-state index contributed by atoms with van der Waals surface area (Å²) in [6.45, 7) is 3.89. The van der Waals surface area contributed by atoms with E-state index in [1.165, 1.54) is 0 Å². The maximum Gasteiger partial charge on any atom is 0.127 e. The normalized spacial score (nSPS) is 13.4. The van der Waals surface area contributed by atoms with Crippen LogP contribution in [0.2, 0.25) is 5.02 Å². The van der Waals surface area contributed by atoms with E-state index >= 15 is 0 Å². The zero-order valence-corrected chi connectivity index (χ0v) is 13.0. The summed E-state index contributed by atoms with van der Waals surface area (Å²) in [5, 5.41) is 0.626. The largest absolute Gasteiger partial charge is 0.327 e. The first-order valence-electron chi connectivity index (χ1n) is 6.43. The zero-order valence-electron chi connectivity index (χ0n) is 11.5.